The zero-order valence-corrected chi connectivity index (χ0v) is 23.1. The predicted octanol–water partition coefficient (Wildman–Crippen LogP) is 6.41. The molecule has 13 nitrogen and oxygen atoms in total. The average molecular weight is 593 g/mol. The third-order valence-corrected chi connectivity index (χ3v) is 5.45. The monoisotopic (exact) mass is 592 g/mol. The molecule has 4 aromatic rings. The SMILES string of the molecule is Cc1ccc(COC(=O)Oc2ccc([N+](=O)[O-])cc2)cc1.Cc1ccc(COC(=O)Oc2ccc([N+](=O)[O-])cc2)cc1.O. The largest absolute Gasteiger partial charge is 0.514 e. The summed E-state index contributed by atoms with van der Waals surface area (Å²) in [4.78, 5) is 42.9. The van der Waals surface area contributed by atoms with E-state index in [4.69, 9.17) is 18.9 Å². The van der Waals surface area contributed by atoms with E-state index in [-0.39, 0.29) is 41.6 Å². The van der Waals surface area contributed by atoms with E-state index in [1.54, 1.807) is 0 Å². The minimum Gasteiger partial charge on any atom is -0.429 e. The predicted molar refractivity (Wildman–Crippen MR) is 154 cm³/mol. The summed E-state index contributed by atoms with van der Waals surface area (Å²) in [5.41, 5.74) is 3.78. The molecular formula is C30H28N2O11. The molecule has 13 heteroatoms. The van der Waals surface area contributed by atoms with Crippen molar-refractivity contribution in [1.29, 1.82) is 0 Å². The van der Waals surface area contributed by atoms with Gasteiger partial charge in [0.25, 0.3) is 11.4 Å². The van der Waals surface area contributed by atoms with Crippen molar-refractivity contribution in [2.24, 2.45) is 0 Å². The zero-order valence-electron chi connectivity index (χ0n) is 23.1. The molecule has 0 amide bonds. The van der Waals surface area contributed by atoms with Crippen LogP contribution in [0.3, 0.4) is 0 Å². The number of carbonyl (C=O) groups is 2. The summed E-state index contributed by atoms with van der Waals surface area (Å²) in [5, 5.41) is 21.0. The van der Waals surface area contributed by atoms with E-state index in [2.05, 4.69) is 0 Å². The van der Waals surface area contributed by atoms with Gasteiger partial charge in [-0.3, -0.25) is 20.2 Å². The summed E-state index contributed by atoms with van der Waals surface area (Å²) in [5.74, 6) is 0.379. The van der Waals surface area contributed by atoms with Gasteiger partial charge in [-0.2, -0.15) is 0 Å². The highest BCUT2D eigenvalue weighted by Gasteiger charge is 2.10. The number of hydrogen-bond donors (Lipinski definition) is 0. The Hall–Kier alpha value is -5.82. The van der Waals surface area contributed by atoms with Gasteiger partial charge >= 0.3 is 12.3 Å². The van der Waals surface area contributed by atoms with Crippen LogP contribution in [0.4, 0.5) is 21.0 Å². The van der Waals surface area contributed by atoms with Crippen LogP contribution in [0.5, 0.6) is 11.5 Å². The molecule has 224 valence electrons. The van der Waals surface area contributed by atoms with Gasteiger partial charge in [-0.05, 0) is 49.2 Å². The number of aryl methyl sites for hydroxylation is 2. The number of non-ortho nitro benzene ring substituents is 2. The van der Waals surface area contributed by atoms with Gasteiger partial charge in [0.05, 0.1) is 9.85 Å². The van der Waals surface area contributed by atoms with Gasteiger partial charge in [-0.1, -0.05) is 59.7 Å². The molecule has 0 saturated carbocycles. The van der Waals surface area contributed by atoms with Crippen LogP contribution in [0, 0.1) is 34.1 Å². The number of nitro groups is 2. The molecule has 0 spiro atoms. The fraction of sp³-hybridized carbons (Fsp3) is 0.133. The van der Waals surface area contributed by atoms with Crippen molar-refractivity contribution in [3.8, 4) is 11.5 Å². The summed E-state index contributed by atoms with van der Waals surface area (Å²) in [6.45, 7) is 4.14. The number of nitro benzene ring substituents is 2. The van der Waals surface area contributed by atoms with Crippen LogP contribution < -0.4 is 9.47 Å². The number of carbonyl (C=O) groups excluding carboxylic acids is 2. The second-order valence-electron chi connectivity index (χ2n) is 8.75. The molecule has 0 aliphatic rings. The lowest BCUT2D eigenvalue weighted by atomic mass is 10.2. The van der Waals surface area contributed by atoms with E-state index in [9.17, 15) is 29.8 Å². The Bertz CT molecular complexity index is 1390. The standard InChI is InChI=1S/2C15H13NO5.H2O/c2*1-11-2-4-12(5-3-11)10-20-15(17)21-14-8-6-13(7-9-14)16(18)19;/h2*2-9H,10H2,1H3;1H2. The summed E-state index contributed by atoms with van der Waals surface area (Å²) < 4.78 is 19.7. The van der Waals surface area contributed by atoms with Crippen molar-refractivity contribution in [3.63, 3.8) is 0 Å². The second kappa shape index (κ2) is 16.4. The Morgan fingerprint density at radius 3 is 1.14 bits per heavy atom. The molecule has 0 unspecified atom stereocenters. The Morgan fingerprint density at radius 2 is 0.860 bits per heavy atom. The van der Waals surface area contributed by atoms with E-state index in [0.717, 1.165) is 22.3 Å². The smallest absolute Gasteiger partial charge is 0.429 e. The molecule has 0 heterocycles. The van der Waals surface area contributed by atoms with E-state index < -0.39 is 22.2 Å². The summed E-state index contributed by atoms with van der Waals surface area (Å²) >= 11 is 0. The van der Waals surface area contributed by atoms with Gasteiger partial charge in [-0.25, -0.2) is 9.59 Å². The van der Waals surface area contributed by atoms with Crippen LogP contribution in [0.15, 0.2) is 97.1 Å². The molecule has 0 saturated heterocycles. The molecule has 0 atom stereocenters. The van der Waals surface area contributed by atoms with Gasteiger partial charge in [0, 0.05) is 24.3 Å². The number of benzene rings is 4. The maximum absolute atomic E-state index is 11.5. The van der Waals surface area contributed by atoms with Crippen LogP contribution >= 0.6 is 0 Å². The first-order valence-electron chi connectivity index (χ1n) is 12.4. The third-order valence-electron chi connectivity index (χ3n) is 5.45. The molecular weight excluding hydrogens is 564 g/mol. The number of hydrogen-bond acceptors (Lipinski definition) is 10. The Balaban J connectivity index is 0.000000293. The van der Waals surface area contributed by atoms with Crippen molar-refractivity contribution >= 4 is 23.7 Å². The molecule has 0 aliphatic heterocycles. The molecule has 0 aliphatic carbocycles. The third kappa shape index (κ3) is 11.7. The van der Waals surface area contributed by atoms with Crippen molar-refractivity contribution in [1.82, 2.24) is 0 Å². The first-order valence-corrected chi connectivity index (χ1v) is 12.4. The highest BCUT2D eigenvalue weighted by molar-refractivity contribution is 5.64. The number of rotatable bonds is 8. The highest BCUT2D eigenvalue weighted by Crippen LogP contribution is 2.19. The first kappa shape index (κ1) is 33.4. The summed E-state index contributed by atoms with van der Waals surface area (Å²) in [6.07, 6.45) is -1.71. The Morgan fingerprint density at radius 1 is 0.558 bits per heavy atom. The van der Waals surface area contributed by atoms with Crippen LogP contribution in [0.2, 0.25) is 0 Å². The second-order valence-corrected chi connectivity index (χ2v) is 8.75. The molecule has 0 bridgehead atoms. The molecule has 43 heavy (non-hydrogen) atoms. The lowest BCUT2D eigenvalue weighted by Crippen LogP contribution is -2.10. The van der Waals surface area contributed by atoms with Crippen molar-refractivity contribution in [2.75, 3.05) is 0 Å². The Kier molecular flexibility index (Phi) is 12.8. The van der Waals surface area contributed by atoms with E-state index >= 15 is 0 Å². The molecule has 0 aromatic heterocycles. The Labute approximate surface area is 245 Å². The molecule has 2 N–H and O–H groups in total. The zero-order chi connectivity index (χ0) is 30.5. The van der Waals surface area contributed by atoms with Crippen LogP contribution in [-0.4, -0.2) is 27.6 Å². The molecule has 4 aromatic carbocycles. The van der Waals surface area contributed by atoms with Gasteiger partial charge in [0.1, 0.15) is 24.7 Å². The van der Waals surface area contributed by atoms with Crippen LogP contribution in [0.1, 0.15) is 22.3 Å². The molecule has 4 rings (SSSR count). The maximum Gasteiger partial charge on any atom is 0.514 e. The van der Waals surface area contributed by atoms with Gasteiger partial charge < -0.3 is 24.4 Å². The summed E-state index contributed by atoms with van der Waals surface area (Å²) in [6, 6.07) is 25.5. The van der Waals surface area contributed by atoms with E-state index in [0.29, 0.717) is 0 Å². The van der Waals surface area contributed by atoms with Crippen LogP contribution in [-0.2, 0) is 22.7 Å². The minimum atomic E-state index is -0.857. The van der Waals surface area contributed by atoms with Crippen molar-refractivity contribution in [3.05, 3.63) is 140 Å². The quantitative estimate of drug-likeness (QED) is 0.0956. The molecule has 0 fully saturated rings. The fourth-order valence-corrected chi connectivity index (χ4v) is 3.18. The normalized spacial score (nSPS) is 9.72. The van der Waals surface area contributed by atoms with E-state index in [1.807, 2.05) is 62.4 Å². The first-order chi connectivity index (χ1) is 20.1. The summed E-state index contributed by atoms with van der Waals surface area (Å²) in [7, 11) is 0. The highest BCUT2D eigenvalue weighted by atomic mass is 16.7. The lowest BCUT2D eigenvalue weighted by molar-refractivity contribution is -0.385. The van der Waals surface area contributed by atoms with Gasteiger partial charge in [0.15, 0.2) is 0 Å². The van der Waals surface area contributed by atoms with Crippen molar-refractivity contribution < 1.29 is 43.9 Å². The van der Waals surface area contributed by atoms with E-state index in [1.165, 1.54) is 48.5 Å². The van der Waals surface area contributed by atoms with Gasteiger partial charge in [0.2, 0.25) is 0 Å². The van der Waals surface area contributed by atoms with Gasteiger partial charge in [-0.15, -0.1) is 0 Å². The lowest BCUT2D eigenvalue weighted by Gasteiger charge is -2.06. The number of nitrogens with zero attached hydrogens (tertiary/aromatic N) is 2. The maximum atomic E-state index is 11.5. The fourth-order valence-electron chi connectivity index (χ4n) is 3.18. The topological polar surface area (TPSA) is 189 Å². The minimum absolute atomic E-state index is 0. The number of ether oxygens (including phenoxy) is 4. The average Bonchev–Trinajstić information content (AvgIpc) is 2.97. The van der Waals surface area contributed by atoms with Crippen LogP contribution in [0.25, 0.3) is 0 Å². The molecule has 0 radical (unpaired) electrons. The van der Waals surface area contributed by atoms with Crippen molar-refractivity contribution in [2.45, 2.75) is 27.1 Å².